The van der Waals surface area contributed by atoms with Gasteiger partial charge in [0.15, 0.2) is 0 Å². The molecule has 0 atom stereocenters. The van der Waals surface area contributed by atoms with E-state index < -0.39 is 0 Å². The number of methoxy groups -OCH3 is 1. The van der Waals surface area contributed by atoms with Crippen molar-refractivity contribution in [1.82, 2.24) is 4.90 Å². The van der Waals surface area contributed by atoms with E-state index in [1.54, 1.807) is 24.1 Å². The van der Waals surface area contributed by atoms with Crippen molar-refractivity contribution in [3.8, 4) is 5.75 Å². The Bertz CT molecular complexity index is 725. The first-order valence-electron chi connectivity index (χ1n) is 8.63. The van der Waals surface area contributed by atoms with Crippen LogP contribution in [0.1, 0.15) is 13.3 Å². The molecule has 0 fully saturated rings. The molecule has 0 aromatic heterocycles. The number of hydrogen-bond donors (Lipinski definition) is 2. The van der Waals surface area contributed by atoms with E-state index in [0.29, 0.717) is 18.0 Å². The van der Waals surface area contributed by atoms with Gasteiger partial charge in [-0.05, 0) is 30.7 Å². The number of rotatable bonds is 9. The lowest BCUT2D eigenvalue weighted by atomic mass is 10.3. The van der Waals surface area contributed by atoms with Crippen molar-refractivity contribution in [2.24, 2.45) is 0 Å². The molecule has 146 valence electrons. The molecule has 7 heteroatoms. The molecular weight excluding hydrogens is 366 g/mol. The van der Waals surface area contributed by atoms with Gasteiger partial charge in [0.05, 0.1) is 25.9 Å². The first kappa shape index (κ1) is 22.3. The summed E-state index contributed by atoms with van der Waals surface area (Å²) in [7, 11) is 1.55. The van der Waals surface area contributed by atoms with Crippen LogP contribution in [0, 0.1) is 0 Å². The number of benzene rings is 2. The Morgan fingerprint density at radius 2 is 1.70 bits per heavy atom. The van der Waals surface area contributed by atoms with Crippen molar-refractivity contribution in [1.29, 1.82) is 0 Å². The average Bonchev–Trinajstić information content (AvgIpc) is 2.67. The van der Waals surface area contributed by atoms with Crippen LogP contribution in [-0.2, 0) is 9.59 Å². The van der Waals surface area contributed by atoms with Gasteiger partial charge >= 0.3 is 0 Å². The lowest BCUT2D eigenvalue weighted by molar-refractivity contribution is -0.133. The smallest absolute Gasteiger partial charge is 0.244 e. The molecule has 2 rings (SSSR count). The minimum Gasteiger partial charge on any atom is -0.495 e. The number of nitrogens with one attached hydrogen (secondary N) is 2. The van der Waals surface area contributed by atoms with Crippen LogP contribution in [0.3, 0.4) is 0 Å². The van der Waals surface area contributed by atoms with Gasteiger partial charge in [0.1, 0.15) is 5.75 Å². The monoisotopic (exact) mass is 391 g/mol. The molecule has 0 bridgehead atoms. The molecule has 2 amide bonds. The minimum absolute atomic E-state index is 0. The zero-order chi connectivity index (χ0) is 18.8. The molecule has 27 heavy (non-hydrogen) atoms. The molecule has 2 aromatic carbocycles. The van der Waals surface area contributed by atoms with Crippen LogP contribution in [-0.4, -0.2) is 43.5 Å². The van der Waals surface area contributed by atoms with Gasteiger partial charge in [-0.1, -0.05) is 37.3 Å². The third-order valence-electron chi connectivity index (χ3n) is 3.78. The maximum Gasteiger partial charge on any atom is 0.244 e. The Morgan fingerprint density at radius 3 is 2.37 bits per heavy atom. The maximum absolute atomic E-state index is 12.5. The highest BCUT2D eigenvalue weighted by molar-refractivity contribution is 5.96. The van der Waals surface area contributed by atoms with Crippen molar-refractivity contribution in [2.45, 2.75) is 13.3 Å². The van der Waals surface area contributed by atoms with Crippen molar-refractivity contribution in [3.05, 3.63) is 54.6 Å². The molecule has 0 saturated heterocycles. The number of amides is 2. The molecule has 0 aliphatic rings. The van der Waals surface area contributed by atoms with Gasteiger partial charge in [0.2, 0.25) is 11.8 Å². The molecule has 2 N–H and O–H groups in total. The number of carbonyl (C=O) groups is 2. The van der Waals surface area contributed by atoms with Gasteiger partial charge in [0, 0.05) is 12.2 Å². The van der Waals surface area contributed by atoms with Gasteiger partial charge < -0.3 is 20.3 Å². The van der Waals surface area contributed by atoms with Crippen LogP contribution in [0.5, 0.6) is 5.75 Å². The predicted molar refractivity (Wildman–Crippen MR) is 111 cm³/mol. The number of nitrogens with zero attached hydrogens (tertiary/aromatic N) is 1. The van der Waals surface area contributed by atoms with E-state index in [4.69, 9.17) is 4.74 Å². The lowest BCUT2D eigenvalue weighted by Crippen LogP contribution is -2.41. The first-order chi connectivity index (χ1) is 12.6. The number of carbonyl (C=O) groups excluding carboxylic acids is 2. The van der Waals surface area contributed by atoms with Gasteiger partial charge in [-0.25, -0.2) is 0 Å². The Hall–Kier alpha value is -2.73. The third kappa shape index (κ3) is 7.19. The second-order valence-electron chi connectivity index (χ2n) is 5.78. The van der Waals surface area contributed by atoms with Crippen molar-refractivity contribution in [3.63, 3.8) is 0 Å². The van der Waals surface area contributed by atoms with Gasteiger partial charge in [-0.3, -0.25) is 9.59 Å². The van der Waals surface area contributed by atoms with Crippen LogP contribution in [0.25, 0.3) is 0 Å². The van der Waals surface area contributed by atoms with E-state index in [0.717, 1.165) is 12.1 Å². The van der Waals surface area contributed by atoms with Gasteiger partial charge in [-0.2, -0.15) is 0 Å². The average molecular weight is 392 g/mol. The standard InChI is InChI=1S/C20H25N3O3.ClH/c1-3-13-23(20(25)14-21-16-9-5-4-6-10-16)15-19(24)22-17-11-7-8-12-18(17)26-2;/h4-12,21H,3,13-15H2,1-2H3,(H,22,24);1H. The SMILES string of the molecule is CCCN(CC(=O)Nc1ccccc1OC)C(=O)CNc1ccccc1.Cl. The van der Waals surface area contributed by atoms with Crippen LogP contribution < -0.4 is 15.4 Å². The van der Waals surface area contributed by atoms with Crippen LogP contribution in [0.15, 0.2) is 54.6 Å². The first-order valence-corrected chi connectivity index (χ1v) is 8.63. The Balaban J connectivity index is 0.00000364. The Morgan fingerprint density at radius 1 is 1.04 bits per heavy atom. The zero-order valence-electron chi connectivity index (χ0n) is 15.6. The minimum atomic E-state index is -0.254. The molecule has 0 heterocycles. The van der Waals surface area contributed by atoms with Crippen LogP contribution in [0.2, 0.25) is 0 Å². The number of hydrogen-bond acceptors (Lipinski definition) is 4. The van der Waals surface area contributed by atoms with E-state index in [-0.39, 0.29) is 37.3 Å². The summed E-state index contributed by atoms with van der Waals surface area (Å²) in [6.45, 7) is 2.64. The van der Waals surface area contributed by atoms with Crippen molar-refractivity contribution >= 4 is 35.6 Å². The van der Waals surface area contributed by atoms with E-state index in [9.17, 15) is 9.59 Å². The largest absolute Gasteiger partial charge is 0.495 e. The van der Waals surface area contributed by atoms with Gasteiger partial charge in [-0.15, -0.1) is 12.4 Å². The highest BCUT2D eigenvalue weighted by Gasteiger charge is 2.17. The molecule has 0 unspecified atom stereocenters. The molecule has 6 nitrogen and oxygen atoms in total. The lowest BCUT2D eigenvalue weighted by Gasteiger charge is -2.22. The number of para-hydroxylation sites is 3. The molecule has 0 aliphatic carbocycles. The summed E-state index contributed by atoms with van der Waals surface area (Å²) in [5, 5.41) is 5.88. The van der Waals surface area contributed by atoms with E-state index >= 15 is 0 Å². The summed E-state index contributed by atoms with van der Waals surface area (Å²) in [5.41, 5.74) is 1.46. The Labute approximate surface area is 166 Å². The summed E-state index contributed by atoms with van der Waals surface area (Å²) in [6.07, 6.45) is 0.777. The highest BCUT2D eigenvalue weighted by Crippen LogP contribution is 2.22. The third-order valence-corrected chi connectivity index (χ3v) is 3.78. The van der Waals surface area contributed by atoms with E-state index in [1.165, 1.54) is 0 Å². The van der Waals surface area contributed by atoms with E-state index in [1.807, 2.05) is 49.4 Å². The van der Waals surface area contributed by atoms with Gasteiger partial charge in [0.25, 0.3) is 0 Å². The summed E-state index contributed by atoms with van der Waals surface area (Å²) in [5.74, 6) is 0.210. The second-order valence-corrected chi connectivity index (χ2v) is 5.78. The topological polar surface area (TPSA) is 70.7 Å². The maximum atomic E-state index is 12.5. The molecule has 0 saturated carbocycles. The summed E-state index contributed by atoms with van der Waals surface area (Å²) < 4.78 is 5.23. The number of ether oxygens (including phenoxy) is 1. The predicted octanol–water partition coefficient (Wildman–Crippen LogP) is 3.41. The van der Waals surface area contributed by atoms with Crippen LogP contribution in [0.4, 0.5) is 11.4 Å². The summed E-state index contributed by atoms with van der Waals surface area (Å²) >= 11 is 0. The fourth-order valence-corrected chi connectivity index (χ4v) is 2.52. The van der Waals surface area contributed by atoms with Crippen LogP contribution >= 0.6 is 12.4 Å². The molecule has 0 aliphatic heterocycles. The molecule has 2 aromatic rings. The Kier molecular flexibility index (Phi) is 9.75. The zero-order valence-corrected chi connectivity index (χ0v) is 16.4. The quantitative estimate of drug-likeness (QED) is 0.687. The number of halogens is 1. The van der Waals surface area contributed by atoms with Crippen molar-refractivity contribution < 1.29 is 14.3 Å². The fraction of sp³-hybridized carbons (Fsp3) is 0.300. The second kappa shape index (κ2) is 11.8. The molecule has 0 radical (unpaired) electrons. The highest BCUT2D eigenvalue weighted by atomic mass is 35.5. The fourth-order valence-electron chi connectivity index (χ4n) is 2.52. The molecule has 0 spiro atoms. The van der Waals surface area contributed by atoms with Crippen molar-refractivity contribution in [2.75, 3.05) is 37.4 Å². The summed E-state index contributed by atoms with van der Waals surface area (Å²) in [4.78, 5) is 26.4. The normalized spacial score (nSPS) is 9.70. The molecular formula is C20H26ClN3O3. The summed E-state index contributed by atoms with van der Waals surface area (Å²) in [6, 6.07) is 16.7. The van der Waals surface area contributed by atoms with E-state index in [2.05, 4.69) is 10.6 Å². The number of anilines is 2.